The average Bonchev–Trinajstić information content (AvgIpc) is 2.72. The minimum Gasteiger partial charge on any atom is -0.365 e. The average molecular weight is 229 g/mol. The molecule has 4 nitrogen and oxygen atoms in total. The molecule has 2 aromatic heterocycles. The number of aromatic amines is 1. The van der Waals surface area contributed by atoms with Crippen molar-refractivity contribution < 1.29 is 0 Å². The predicted octanol–water partition coefficient (Wildman–Crippen LogP) is 2.44. The Morgan fingerprint density at radius 2 is 2.50 bits per heavy atom. The van der Waals surface area contributed by atoms with Gasteiger partial charge in [0.05, 0.1) is 6.20 Å². The van der Waals surface area contributed by atoms with Crippen molar-refractivity contribution in [2.75, 3.05) is 5.32 Å². The van der Waals surface area contributed by atoms with Gasteiger partial charge >= 0.3 is 0 Å². The van der Waals surface area contributed by atoms with Gasteiger partial charge in [-0.25, -0.2) is 4.98 Å². The lowest BCUT2D eigenvalue weighted by Crippen LogP contribution is -1.99. The second kappa shape index (κ2) is 3.98. The molecule has 0 aliphatic carbocycles. The highest BCUT2D eigenvalue weighted by molar-refractivity contribution is 7.14. The molecular weight excluding hydrogens is 220 g/mol. The lowest BCUT2D eigenvalue weighted by atomic mass is 10.3. The maximum Gasteiger partial charge on any atom is 0.185 e. The highest BCUT2D eigenvalue weighted by Gasteiger charge is 2.02. The van der Waals surface area contributed by atoms with Crippen LogP contribution in [-0.2, 0) is 6.54 Å². The van der Waals surface area contributed by atoms with E-state index < -0.39 is 0 Å². The van der Waals surface area contributed by atoms with Gasteiger partial charge in [0, 0.05) is 23.2 Å². The Hall–Kier alpha value is -1.07. The molecule has 2 N–H and O–H groups in total. The van der Waals surface area contributed by atoms with E-state index in [1.807, 2.05) is 12.3 Å². The Morgan fingerprint density at radius 3 is 3.07 bits per heavy atom. The standard InChI is InChI=1S/C8H9ClN4S/c1-5-6(3-11-13-5)2-10-7-4-14-8(9)12-7/h3-4,10H,2H2,1H3,(H,11,13). The molecular formula is C8H9ClN4S. The number of rotatable bonds is 3. The predicted molar refractivity (Wildman–Crippen MR) is 57.8 cm³/mol. The van der Waals surface area contributed by atoms with Crippen LogP contribution in [0.3, 0.4) is 0 Å². The molecule has 0 spiro atoms. The van der Waals surface area contributed by atoms with Crippen LogP contribution in [-0.4, -0.2) is 15.2 Å². The summed E-state index contributed by atoms with van der Waals surface area (Å²) in [6.07, 6.45) is 1.80. The first kappa shape index (κ1) is 9.48. The van der Waals surface area contributed by atoms with E-state index in [2.05, 4.69) is 20.5 Å². The number of aromatic nitrogens is 3. The van der Waals surface area contributed by atoms with E-state index in [-0.39, 0.29) is 0 Å². The number of nitrogens with zero attached hydrogens (tertiary/aromatic N) is 2. The van der Waals surface area contributed by atoms with Crippen LogP contribution in [0.1, 0.15) is 11.3 Å². The molecule has 6 heteroatoms. The Bertz CT molecular complexity index is 422. The number of nitrogens with one attached hydrogen (secondary N) is 2. The molecule has 74 valence electrons. The van der Waals surface area contributed by atoms with Crippen LogP contribution >= 0.6 is 22.9 Å². The fourth-order valence-electron chi connectivity index (χ4n) is 1.07. The van der Waals surface area contributed by atoms with Crippen molar-refractivity contribution in [2.24, 2.45) is 0 Å². The van der Waals surface area contributed by atoms with E-state index in [9.17, 15) is 0 Å². The zero-order chi connectivity index (χ0) is 9.97. The smallest absolute Gasteiger partial charge is 0.185 e. The summed E-state index contributed by atoms with van der Waals surface area (Å²) in [5.41, 5.74) is 2.20. The molecule has 0 atom stereocenters. The van der Waals surface area contributed by atoms with Gasteiger partial charge in [-0.2, -0.15) is 5.10 Å². The van der Waals surface area contributed by atoms with Crippen LogP contribution in [0.4, 0.5) is 5.82 Å². The summed E-state index contributed by atoms with van der Waals surface area (Å²) in [5.74, 6) is 0.806. The Balaban J connectivity index is 1.98. The molecule has 2 aromatic rings. The molecule has 0 bridgehead atoms. The molecule has 2 rings (SSSR count). The Labute approximate surface area is 90.3 Å². The number of anilines is 1. The van der Waals surface area contributed by atoms with Gasteiger partial charge in [0.25, 0.3) is 0 Å². The summed E-state index contributed by atoms with van der Waals surface area (Å²) in [4.78, 5) is 4.08. The van der Waals surface area contributed by atoms with Crippen molar-refractivity contribution in [1.82, 2.24) is 15.2 Å². The highest BCUT2D eigenvalue weighted by atomic mass is 35.5. The first-order chi connectivity index (χ1) is 6.75. The Kier molecular flexibility index (Phi) is 2.69. The molecule has 0 radical (unpaired) electrons. The fraction of sp³-hybridized carbons (Fsp3) is 0.250. The fourth-order valence-corrected chi connectivity index (χ4v) is 1.79. The molecule has 2 heterocycles. The minimum atomic E-state index is 0.552. The molecule has 0 saturated heterocycles. The van der Waals surface area contributed by atoms with Gasteiger partial charge in [-0.15, -0.1) is 11.3 Å². The van der Waals surface area contributed by atoms with Crippen LogP contribution in [0.2, 0.25) is 4.47 Å². The number of thiazole rings is 1. The number of hydrogen-bond acceptors (Lipinski definition) is 4. The van der Waals surface area contributed by atoms with Gasteiger partial charge in [0.2, 0.25) is 0 Å². The van der Waals surface area contributed by atoms with Crippen LogP contribution in [0, 0.1) is 6.92 Å². The number of halogens is 1. The third-order valence-corrected chi connectivity index (χ3v) is 2.85. The van der Waals surface area contributed by atoms with Gasteiger partial charge in [0.1, 0.15) is 5.82 Å². The van der Waals surface area contributed by atoms with Gasteiger partial charge in [-0.3, -0.25) is 5.10 Å². The first-order valence-electron chi connectivity index (χ1n) is 4.09. The number of aryl methyl sites for hydroxylation is 1. The van der Waals surface area contributed by atoms with Crippen molar-refractivity contribution >= 4 is 28.8 Å². The van der Waals surface area contributed by atoms with E-state index in [0.717, 1.165) is 17.1 Å². The summed E-state index contributed by atoms with van der Waals surface area (Å²) >= 11 is 7.12. The van der Waals surface area contributed by atoms with Crippen molar-refractivity contribution in [1.29, 1.82) is 0 Å². The largest absolute Gasteiger partial charge is 0.365 e. The van der Waals surface area contributed by atoms with Gasteiger partial charge in [-0.1, -0.05) is 11.6 Å². The van der Waals surface area contributed by atoms with Gasteiger partial charge in [-0.05, 0) is 6.92 Å². The highest BCUT2D eigenvalue weighted by Crippen LogP contribution is 2.19. The van der Waals surface area contributed by atoms with E-state index in [0.29, 0.717) is 11.0 Å². The third kappa shape index (κ3) is 2.05. The van der Waals surface area contributed by atoms with Crippen molar-refractivity contribution in [2.45, 2.75) is 13.5 Å². The maximum absolute atomic E-state index is 5.70. The van der Waals surface area contributed by atoms with Crippen LogP contribution in [0.5, 0.6) is 0 Å². The summed E-state index contributed by atoms with van der Waals surface area (Å²) < 4.78 is 0.552. The molecule has 0 amide bonds. The second-order valence-electron chi connectivity index (χ2n) is 2.86. The van der Waals surface area contributed by atoms with Crippen molar-refractivity contribution in [3.63, 3.8) is 0 Å². The molecule has 0 unspecified atom stereocenters. The quantitative estimate of drug-likeness (QED) is 0.849. The van der Waals surface area contributed by atoms with Crippen LogP contribution < -0.4 is 5.32 Å². The lowest BCUT2D eigenvalue weighted by molar-refractivity contribution is 1.04. The van der Waals surface area contributed by atoms with E-state index >= 15 is 0 Å². The van der Waals surface area contributed by atoms with E-state index in [1.165, 1.54) is 11.3 Å². The molecule has 14 heavy (non-hydrogen) atoms. The molecule has 0 aliphatic rings. The topological polar surface area (TPSA) is 53.6 Å². The van der Waals surface area contributed by atoms with E-state index in [4.69, 9.17) is 11.6 Å². The SMILES string of the molecule is Cc1[nH]ncc1CNc1csc(Cl)n1. The van der Waals surface area contributed by atoms with Crippen molar-refractivity contribution in [3.05, 3.63) is 27.3 Å². The third-order valence-electron chi connectivity index (χ3n) is 1.87. The molecule has 0 saturated carbocycles. The second-order valence-corrected chi connectivity index (χ2v) is 4.30. The van der Waals surface area contributed by atoms with E-state index in [1.54, 1.807) is 6.20 Å². The molecule has 0 fully saturated rings. The Morgan fingerprint density at radius 1 is 1.64 bits per heavy atom. The van der Waals surface area contributed by atoms with Crippen molar-refractivity contribution in [3.8, 4) is 0 Å². The zero-order valence-corrected chi connectivity index (χ0v) is 9.11. The molecule has 0 aromatic carbocycles. The monoisotopic (exact) mass is 228 g/mol. The number of hydrogen-bond donors (Lipinski definition) is 2. The van der Waals surface area contributed by atoms with Crippen LogP contribution in [0.25, 0.3) is 0 Å². The zero-order valence-electron chi connectivity index (χ0n) is 7.54. The van der Waals surface area contributed by atoms with Gasteiger partial charge < -0.3 is 5.32 Å². The summed E-state index contributed by atoms with van der Waals surface area (Å²) in [7, 11) is 0. The summed E-state index contributed by atoms with van der Waals surface area (Å²) in [6.45, 7) is 2.69. The lowest BCUT2D eigenvalue weighted by Gasteiger charge is -2.00. The minimum absolute atomic E-state index is 0.552. The number of H-pyrrole nitrogens is 1. The van der Waals surface area contributed by atoms with Gasteiger partial charge in [0.15, 0.2) is 4.47 Å². The first-order valence-corrected chi connectivity index (χ1v) is 5.35. The maximum atomic E-state index is 5.70. The molecule has 0 aliphatic heterocycles. The summed E-state index contributed by atoms with van der Waals surface area (Å²) in [5, 5.41) is 11.9. The normalized spacial score (nSPS) is 10.4. The summed E-state index contributed by atoms with van der Waals surface area (Å²) in [6, 6.07) is 0. The van der Waals surface area contributed by atoms with Crippen LogP contribution in [0.15, 0.2) is 11.6 Å².